The summed E-state index contributed by atoms with van der Waals surface area (Å²) in [4.78, 5) is 36.4. The SMILES string of the molecule is C=C(COC(C)=O)[C@@]1(O)C[C@]2(C)C(=CC1=O)C=C[C@H](OC(=O)/C=C/C(C)=C/[C@H](C)CC)[C@H]2C. The molecule has 0 unspecified atom stereocenters. The molecule has 2 aliphatic carbocycles. The maximum atomic E-state index is 12.8. The molecule has 0 saturated heterocycles. The molecule has 0 heterocycles. The van der Waals surface area contributed by atoms with E-state index in [0.29, 0.717) is 5.92 Å². The molecule has 0 aromatic heterocycles. The molecule has 0 amide bonds. The lowest BCUT2D eigenvalue weighted by Gasteiger charge is -2.49. The molecule has 180 valence electrons. The van der Waals surface area contributed by atoms with Gasteiger partial charge in [-0.25, -0.2) is 4.79 Å². The molecule has 33 heavy (non-hydrogen) atoms. The van der Waals surface area contributed by atoms with E-state index in [2.05, 4.69) is 26.5 Å². The second-order valence-corrected chi connectivity index (χ2v) is 9.48. The van der Waals surface area contributed by atoms with Crippen molar-refractivity contribution in [1.29, 1.82) is 0 Å². The first-order valence-electron chi connectivity index (χ1n) is 11.4. The van der Waals surface area contributed by atoms with Crippen molar-refractivity contribution in [1.82, 2.24) is 0 Å². The van der Waals surface area contributed by atoms with Gasteiger partial charge in [-0.1, -0.05) is 64.5 Å². The molecule has 6 nitrogen and oxygen atoms in total. The average Bonchev–Trinajstić information content (AvgIpc) is 2.74. The van der Waals surface area contributed by atoms with E-state index in [1.165, 1.54) is 19.1 Å². The highest BCUT2D eigenvalue weighted by Gasteiger charge is 2.53. The fourth-order valence-electron chi connectivity index (χ4n) is 4.28. The number of allylic oxidation sites excluding steroid dienone is 5. The van der Waals surface area contributed by atoms with Crippen LogP contribution in [0, 0.1) is 17.3 Å². The Balaban J connectivity index is 2.19. The van der Waals surface area contributed by atoms with E-state index in [9.17, 15) is 19.5 Å². The molecule has 0 aromatic rings. The highest BCUT2D eigenvalue weighted by molar-refractivity contribution is 6.01. The minimum atomic E-state index is -1.86. The highest BCUT2D eigenvalue weighted by Crippen LogP contribution is 2.52. The van der Waals surface area contributed by atoms with Crippen LogP contribution in [0.3, 0.4) is 0 Å². The van der Waals surface area contributed by atoms with Gasteiger partial charge in [0, 0.05) is 24.3 Å². The molecule has 0 aliphatic heterocycles. The van der Waals surface area contributed by atoms with Crippen molar-refractivity contribution in [3.8, 4) is 0 Å². The Morgan fingerprint density at radius 3 is 2.61 bits per heavy atom. The fourth-order valence-corrected chi connectivity index (χ4v) is 4.28. The first-order valence-corrected chi connectivity index (χ1v) is 11.4. The van der Waals surface area contributed by atoms with Crippen LogP contribution in [-0.4, -0.2) is 41.1 Å². The Bertz CT molecular complexity index is 936. The van der Waals surface area contributed by atoms with Crippen LogP contribution in [-0.2, 0) is 23.9 Å². The third-order valence-corrected chi connectivity index (χ3v) is 6.90. The van der Waals surface area contributed by atoms with E-state index in [4.69, 9.17) is 9.47 Å². The number of ether oxygens (including phenoxy) is 2. The van der Waals surface area contributed by atoms with Gasteiger partial charge in [-0.2, -0.15) is 0 Å². The van der Waals surface area contributed by atoms with Gasteiger partial charge in [0.25, 0.3) is 0 Å². The van der Waals surface area contributed by atoms with Crippen molar-refractivity contribution < 1.29 is 29.0 Å². The molecule has 0 radical (unpaired) electrons. The monoisotopic (exact) mass is 456 g/mol. The normalized spacial score (nSPS) is 30.5. The number of aliphatic hydroxyl groups is 1. The third-order valence-electron chi connectivity index (χ3n) is 6.90. The van der Waals surface area contributed by atoms with E-state index in [0.717, 1.165) is 17.6 Å². The molecule has 0 aromatic carbocycles. The zero-order valence-electron chi connectivity index (χ0n) is 20.5. The smallest absolute Gasteiger partial charge is 0.331 e. The average molecular weight is 457 g/mol. The van der Waals surface area contributed by atoms with Crippen molar-refractivity contribution >= 4 is 17.7 Å². The van der Waals surface area contributed by atoms with Crippen molar-refractivity contribution in [2.45, 2.75) is 66.1 Å². The summed E-state index contributed by atoms with van der Waals surface area (Å²) in [5, 5.41) is 11.2. The van der Waals surface area contributed by atoms with Gasteiger partial charge in [0.05, 0.1) is 0 Å². The highest BCUT2D eigenvalue weighted by atomic mass is 16.5. The first kappa shape index (κ1) is 26.5. The second kappa shape index (κ2) is 10.5. The standard InChI is InChI=1S/C27H36O6/c1-8-17(2)13-18(3)9-12-25(30)33-23-11-10-22-14-24(29)27(31,16-26(22,7)20(23)5)19(4)15-32-21(6)28/h9-14,17,20,23,31H,4,8,15-16H2,1-3,5-7H3/b12-9+,18-13+/t17-,20-,23+,26+,27+/m1/s1. The fraction of sp³-hybridized carbons (Fsp3) is 0.519. The van der Waals surface area contributed by atoms with Crippen molar-refractivity contribution in [2.24, 2.45) is 17.3 Å². The minimum absolute atomic E-state index is 0.0525. The number of fused-ring (bicyclic) bond motifs is 1. The van der Waals surface area contributed by atoms with Gasteiger partial charge in [0.2, 0.25) is 0 Å². The van der Waals surface area contributed by atoms with Crippen LogP contribution < -0.4 is 0 Å². The van der Waals surface area contributed by atoms with Crippen LogP contribution in [0.25, 0.3) is 0 Å². The maximum absolute atomic E-state index is 12.8. The van der Waals surface area contributed by atoms with E-state index in [1.54, 1.807) is 18.2 Å². The Morgan fingerprint density at radius 2 is 2.00 bits per heavy atom. The Hall–Kier alpha value is -2.73. The maximum Gasteiger partial charge on any atom is 0.331 e. The lowest BCUT2D eigenvalue weighted by Crippen LogP contribution is -2.53. The Labute approximate surface area is 196 Å². The molecular weight excluding hydrogens is 420 g/mol. The number of hydrogen-bond donors (Lipinski definition) is 1. The van der Waals surface area contributed by atoms with E-state index in [-0.39, 0.29) is 24.5 Å². The van der Waals surface area contributed by atoms with Crippen LogP contribution in [0.4, 0.5) is 0 Å². The van der Waals surface area contributed by atoms with Gasteiger partial charge in [0.15, 0.2) is 11.4 Å². The number of carbonyl (C=O) groups excluding carboxylic acids is 3. The van der Waals surface area contributed by atoms with Crippen LogP contribution in [0.5, 0.6) is 0 Å². The van der Waals surface area contributed by atoms with Gasteiger partial charge in [-0.05, 0) is 42.6 Å². The van der Waals surface area contributed by atoms with Gasteiger partial charge < -0.3 is 14.6 Å². The lowest BCUT2D eigenvalue weighted by atomic mass is 9.57. The molecule has 0 spiro atoms. The van der Waals surface area contributed by atoms with E-state index in [1.807, 2.05) is 20.8 Å². The summed E-state index contributed by atoms with van der Waals surface area (Å²) < 4.78 is 10.7. The number of ketones is 1. The van der Waals surface area contributed by atoms with Gasteiger partial charge in [-0.3, -0.25) is 9.59 Å². The number of carbonyl (C=O) groups is 3. The van der Waals surface area contributed by atoms with Crippen LogP contribution >= 0.6 is 0 Å². The topological polar surface area (TPSA) is 89.9 Å². The number of rotatable bonds is 8. The second-order valence-electron chi connectivity index (χ2n) is 9.48. The predicted molar refractivity (Wildman–Crippen MR) is 127 cm³/mol. The molecule has 2 aliphatic rings. The summed E-state index contributed by atoms with van der Waals surface area (Å²) in [6, 6.07) is 0. The Kier molecular flexibility index (Phi) is 8.41. The van der Waals surface area contributed by atoms with Crippen molar-refractivity contribution in [3.05, 3.63) is 59.8 Å². The summed E-state index contributed by atoms with van der Waals surface area (Å²) in [6.07, 6.45) is 10.8. The summed E-state index contributed by atoms with van der Waals surface area (Å²) in [6.45, 7) is 14.8. The first-order chi connectivity index (χ1) is 15.3. The summed E-state index contributed by atoms with van der Waals surface area (Å²) in [5.74, 6) is -1.25. The van der Waals surface area contributed by atoms with Gasteiger partial charge >= 0.3 is 11.9 Å². The van der Waals surface area contributed by atoms with Gasteiger partial charge in [0.1, 0.15) is 12.7 Å². The van der Waals surface area contributed by atoms with Crippen LogP contribution in [0.15, 0.2) is 59.8 Å². The largest absolute Gasteiger partial charge is 0.461 e. The molecule has 0 saturated carbocycles. The molecule has 5 atom stereocenters. The van der Waals surface area contributed by atoms with Crippen LogP contribution in [0.2, 0.25) is 0 Å². The lowest BCUT2D eigenvalue weighted by molar-refractivity contribution is -0.147. The summed E-state index contributed by atoms with van der Waals surface area (Å²) in [5.41, 5.74) is -0.633. The molecule has 2 rings (SSSR count). The zero-order valence-corrected chi connectivity index (χ0v) is 20.5. The minimum Gasteiger partial charge on any atom is -0.461 e. The summed E-state index contributed by atoms with van der Waals surface area (Å²) in [7, 11) is 0. The predicted octanol–water partition coefficient (Wildman–Crippen LogP) is 4.41. The van der Waals surface area contributed by atoms with Crippen molar-refractivity contribution in [3.63, 3.8) is 0 Å². The van der Waals surface area contributed by atoms with Crippen molar-refractivity contribution in [2.75, 3.05) is 6.61 Å². The Morgan fingerprint density at radius 1 is 1.33 bits per heavy atom. The number of esters is 2. The molecular formula is C27H36O6. The number of hydrogen-bond acceptors (Lipinski definition) is 6. The summed E-state index contributed by atoms with van der Waals surface area (Å²) >= 11 is 0. The quantitative estimate of drug-likeness (QED) is 0.252. The van der Waals surface area contributed by atoms with E-state index >= 15 is 0 Å². The molecule has 0 fully saturated rings. The van der Waals surface area contributed by atoms with E-state index < -0.39 is 34.8 Å². The molecule has 6 heteroatoms. The van der Waals surface area contributed by atoms with Gasteiger partial charge in [-0.15, -0.1) is 0 Å². The molecule has 0 bridgehead atoms. The zero-order chi connectivity index (χ0) is 25.0. The molecule has 1 N–H and O–H groups in total. The van der Waals surface area contributed by atoms with Crippen LogP contribution in [0.1, 0.15) is 54.4 Å². The third kappa shape index (κ3) is 5.99.